The molecule has 2 aromatic carbocycles. The summed E-state index contributed by atoms with van der Waals surface area (Å²) in [6, 6.07) is 16.5. The van der Waals surface area contributed by atoms with E-state index in [1.54, 1.807) is 0 Å². The fraction of sp³-hybridized carbons (Fsp3) is 0.381. The van der Waals surface area contributed by atoms with Crippen LogP contribution in [0.2, 0.25) is 0 Å². The zero-order chi connectivity index (χ0) is 17.2. The van der Waals surface area contributed by atoms with Gasteiger partial charge in [0.25, 0.3) is 0 Å². The van der Waals surface area contributed by atoms with E-state index >= 15 is 0 Å². The lowest BCUT2D eigenvalue weighted by molar-refractivity contribution is -0.121. The van der Waals surface area contributed by atoms with Crippen LogP contribution >= 0.6 is 0 Å². The van der Waals surface area contributed by atoms with Crippen LogP contribution in [-0.2, 0) is 17.6 Å². The van der Waals surface area contributed by atoms with Crippen molar-refractivity contribution >= 4 is 5.91 Å². The van der Waals surface area contributed by atoms with Crippen molar-refractivity contribution in [3.8, 4) is 5.75 Å². The summed E-state index contributed by atoms with van der Waals surface area (Å²) in [6.45, 7) is 5.46. The molecule has 0 aliphatic carbocycles. The Balaban J connectivity index is 1.61. The fourth-order valence-corrected chi connectivity index (χ4v) is 2.54. The van der Waals surface area contributed by atoms with Crippen LogP contribution in [0.25, 0.3) is 0 Å². The number of ether oxygens (including phenoxy) is 1. The van der Waals surface area contributed by atoms with Crippen LogP contribution in [0.4, 0.5) is 0 Å². The molecule has 0 atom stereocenters. The molecule has 0 saturated heterocycles. The van der Waals surface area contributed by atoms with Gasteiger partial charge in [-0.3, -0.25) is 4.79 Å². The zero-order valence-electron chi connectivity index (χ0n) is 14.7. The van der Waals surface area contributed by atoms with E-state index in [0.29, 0.717) is 13.0 Å². The van der Waals surface area contributed by atoms with Gasteiger partial charge in [0.15, 0.2) is 0 Å². The Morgan fingerprint density at radius 1 is 0.958 bits per heavy atom. The lowest BCUT2D eigenvalue weighted by atomic mass is 10.1. The number of benzene rings is 2. The highest BCUT2D eigenvalue weighted by Crippen LogP contribution is 2.13. The van der Waals surface area contributed by atoms with Crippen molar-refractivity contribution in [3.05, 3.63) is 65.2 Å². The second kappa shape index (κ2) is 9.76. The Morgan fingerprint density at radius 2 is 1.58 bits per heavy atom. The molecule has 0 spiro atoms. The summed E-state index contributed by atoms with van der Waals surface area (Å²) >= 11 is 0. The normalized spacial score (nSPS) is 10.4. The topological polar surface area (TPSA) is 38.3 Å². The molecule has 128 valence electrons. The number of nitrogens with one attached hydrogen (secondary N) is 1. The minimum atomic E-state index is 0.127. The van der Waals surface area contributed by atoms with Gasteiger partial charge in [-0.1, -0.05) is 42.0 Å². The van der Waals surface area contributed by atoms with Crippen molar-refractivity contribution in [2.75, 3.05) is 13.2 Å². The van der Waals surface area contributed by atoms with Crippen LogP contribution < -0.4 is 10.1 Å². The number of amides is 1. The molecule has 0 fully saturated rings. The van der Waals surface area contributed by atoms with E-state index in [1.165, 1.54) is 16.7 Å². The van der Waals surface area contributed by atoms with E-state index in [4.69, 9.17) is 4.74 Å². The largest absolute Gasteiger partial charge is 0.494 e. The molecule has 2 aromatic rings. The van der Waals surface area contributed by atoms with Crippen molar-refractivity contribution in [2.24, 2.45) is 0 Å². The minimum absolute atomic E-state index is 0.127. The van der Waals surface area contributed by atoms with E-state index in [9.17, 15) is 4.79 Å². The smallest absolute Gasteiger partial charge is 0.220 e. The molecule has 0 aromatic heterocycles. The maximum absolute atomic E-state index is 11.9. The maximum atomic E-state index is 11.9. The molecule has 2 rings (SSSR count). The summed E-state index contributed by atoms with van der Waals surface area (Å²) in [5.41, 5.74) is 3.73. The van der Waals surface area contributed by atoms with Crippen molar-refractivity contribution in [1.82, 2.24) is 5.32 Å². The number of carbonyl (C=O) groups excluding carboxylic acids is 1. The van der Waals surface area contributed by atoms with Gasteiger partial charge in [0, 0.05) is 13.0 Å². The summed E-state index contributed by atoms with van der Waals surface area (Å²) in [5, 5.41) is 3.00. The van der Waals surface area contributed by atoms with Gasteiger partial charge in [-0.2, -0.15) is 0 Å². The third-order valence-corrected chi connectivity index (χ3v) is 3.96. The van der Waals surface area contributed by atoms with E-state index in [0.717, 1.165) is 31.6 Å². The predicted octanol–water partition coefficient (Wildman–Crippen LogP) is 4.08. The number of hydrogen-bond donors (Lipinski definition) is 1. The number of rotatable bonds is 9. The average Bonchev–Trinajstić information content (AvgIpc) is 2.60. The molecule has 0 saturated carbocycles. The lowest BCUT2D eigenvalue weighted by Crippen LogP contribution is -2.24. The van der Waals surface area contributed by atoms with Gasteiger partial charge >= 0.3 is 0 Å². The molecule has 0 aliphatic heterocycles. The molecule has 0 radical (unpaired) electrons. The van der Waals surface area contributed by atoms with Crippen LogP contribution in [0, 0.1) is 6.92 Å². The third-order valence-electron chi connectivity index (χ3n) is 3.96. The number of aryl methyl sites for hydroxylation is 3. The molecule has 0 aliphatic rings. The van der Waals surface area contributed by atoms with Crippen molar-refractivity contribution in [1.29, 1.82) is 0 Å². The first kappa shape index (κ1) is 18.1. The van der Waals surface area contributed by atoms with Crippen molar-refractivity contribution in [2.45, 2.75) is 39.5 Å². The first-order chi connectivity index (χ1) is 11.7. The van der Waals surface area contributed by atoms with E-state index in [1.807, 2.05) is 19.1 Å². The highest BCUT2D eigenvalue weighted by atomic mass is 16.5. The summed E-state index contributed by atoms with van der Waals surface area (Å²) in [4.78, 5) is 11.9. The van der Waals surface area contributed by atoms with Crippen LogP contribution in [0.1, 0.15) is 36.5 Å². The van der Waals surface area contributed by atoms with Gasteiger partial charge in [0.05, 0.1) is 6.61 Å². The Kier molecular flexibility index (Phi) is 7.34. The molecule has 0 bridgehead atoms. The highest BCUT2D eigenvalue weighted by Gasteiger charge is 2.02. The summed E-state index contributed by atoms with van der Waals surface area (Å²) in [5.74, 6) is 1.04. The molecule has 0 heterocycles. The van der Waals surface area contributed by atoms with Crippen LogP contribution in [0.3, 0.4) is 0 Å². The van der Waals surface area contributed by atoms with E-state index in [-0.39, 0.29) is 5.91 Å². The molecule has 1 N–H and O–H groups in total. The third kappa shape index (κ3) is 6.45. The molecular weight excluding hydrogens is 298 g/mol. The Bertz CT molecular complexity index is 617. The summed E-state index contributed by atoms with van der Waals surface area (Å²) in [6.07, 6.45) is 3.26. The van der Waals surface area contributed by atoms with Crippen molar-refractivity contribution in [3.63, 3.8) is 0 Å². The van der Waals surface area contributed by atoms with Crippen LogP contribution in [-0.4, -0.2) is 19.1 Å². The average molecular weight is 325 g/mol. The Morgan fingerprint density at radius 3 is 2.25 bits per heavy atom. The summed E-state index contributed by atoms with van der Waals surface area (Å²) in [7, 11) is 0. The van der Waals surface area contributed by atoms with Crippen LogP contribution in [0.5, 0.6) is 5.75 Å². The van der Waals surface area contributed by atoms with Gasteiger partial charge in [0.1, 0.15) is 5.75 Å². The minimum Gasteiger partial charge on any atom is -0.494 e. The molecule has 3 nitrogen and oxygen atoms in total. The first-order valence-electron chi connectivity index (χ1n) is 8.71. The highest BCUT2D eigenvalue weighted by molar-refractivity contribution is 5.76. The molecule has 1 amide bonds. The van der Waals surface area contributed by atoms with Gasteiger partial charge in [-0.25, -0.2) is 0 Å². The van der Waals surface area contributed by atoms with E-state index < -0.39 is 0 Å². The Labute approximate surface area is 145 Å². The van der Waals surface area contributed by atoms with Gasteiger partial charge < -0.3 is 10.1 Å². The predicted molar refractivity (Wildman–Crippen MR) is 98.4 cm³/mol. The zero-order valence-corrected chi connectivity index (χ0v) is 14.7. The maximum Gasteiger partial charge on any atom is 0.220 e. The second-order valence-electron chi connectivity index (χ2n) is 6.02. The molecule has 3 heteroatoms. The number of hydrogen-bond acceptors (Lipinski definition) is 2. The standard InChI is InChI=1S/C21H27NO2/c1-3-24-20-13-10-18(11-14-20)5-4-16-22-21(23)15-12-19-8-6-17(2)7-9-19/h6-11,13-14H,3-5,12,15-16H2,1-2H3,(H,22,23). The fourth-order valence-electron chi connectivity index (χ4n) is 2.54. The molecule has 24 heavy (non-hydrogen) atoms. The summed E-state index contributed by atoms with van der Waals surface area (Å²) < 4.78 is 5.43. The van der Waals surface area contributed by atoms with E-state index in [2.05, 4.69) is 48.6 Å². The quantitative estimate of drug-likeness (QED) is 0.706. The lowest BCUT2D eigenvalue weighted by Gasteiger charge is -2.07. The second-order valence-corrected chi connectivity index (χ2v) is 6.02. The monoisotopic (exact) mass is 325 g/mol. The molecular formula is C21H27NO2. The Hall–Kier alpha value is -2.29. The van der Waals surface area contributed by atoms with Gasteiger partial charge in [-0.15, -0.1) is 0 Å². The van der Waals surface area contributed by atoms with Gasteiger partial charge in [-0.05, 0) is 56.4 Å². The first-order valence-corrected chi connectivity index (χ1v) is 8.71. The van der Waals surface area contributed by atoms with Crippen LogP contribution in [0.15, 0.2) is 48.5 Å². The van der Waals surface area contributed by atoms with Gasteiger partial charge in [0.2, 0.25) is 5.91 Å². The molecule has 0 unspecified atom stereocenters. The van der Waals surface area contributed by atoms with Crippen molar-refractivity contribution < 1.29 is 9.53 Å². The SMILES string of the molecule is CCOc1ccc(CCCNC(=O)CCc2ccc(C)cc2)cc1. The number of carbonyl (C=O) groups is 1.